The lowest BCUT2D eigenvalue weighted by atomic mass is 10.2. The van der Waals surface area contributed by atoms with Gasteiger partial charge in [-0.15, -0.1) is 0 Å². The van der Waals surface area contributed by atoms with Crippen molar-refractivity contribution < 1.29 is 14.8 Å². The SMILES string of the molecule is Cc1ccc([N+](=O)[O-])cc1Oc1ccc(CO)cc1Cl. The van der Waals surface area contributed by atoms with Crippen molar-refractivity contribution in [1.29, 1.82) is 0 Å². The molecule has 5 nitrogen and oxygen atoms in total. The first-order valence-corrected chi connectivity index (χ1v) is 6.21. The molecule has 2 rings (SSSR count). The van der Waals surface area contributed by atoms with Gasteiger partial charge in [0.15, 0.2) is 0 Å². The van der Waals surface area contributed by atoms with Crippen LogP contribution in [0.15, 0.2) is 36.4 Å². The fourth-order valence-corrected chi connectivity index (χ4v) is 1.90. The van der Waals surface area contributed by atoms with Crippen molar-refractivity contribution in [2.45, 2.75) is 13.5 Å². The van der Waals surface area contributed by atoms with E-state index in [0.717, 1.165) is 5.56 Å². The minimum atomic E-state index is -0.483. The highest BCUT2D eigenvalue weighted by atomic mass is 35.5. The molecule has 2 aromatic carbocycles. The van der Waals surface area contributed by atoms with Crippen LogP contribution in [0.2, 0.25) is 5.02 Å². The second kappa shape index (κ2) is 5.90. The van der Waals surface area contributed by atoms with Gasteiger partial charge in [0.25, 0.3) is 5.69 Å². The van der Waals surface area contributed by atoms with Gasteiger partial charge in [-0.3, -0.25) is 10.1 Å². The van der Waals surface area contributed by atoms with E-state index in [0.29, 0.717) is 22.1 Å². The third kappa shape index (κ3) is 3.07. The molecule has 0 aromatic heterocycles. The van der Waals surface area contributed by atoms with Crippen LogP contribution in [0.5, 0.6) is 11.5 Å². The Kier molecular flexibility index (Phi) is 4.22. The molecule has 104 valence electrons. The summed E-state index contributed by atoms with van der Waals surface area (Å²) in [4.78, 5) is 10.3. The molecule has 0 radical (unpaired) electrons. The molecule has 0 atom stereocenters. The van der Waals surface area contributed by atoms with Crippen molar-refractivity contribution in [2.24, 2.45) is 0 Å². The lowest BCUT2D eigenvalue weighted by Gasteiger charge is -2.10. The summed E-state index contributed by atoms with van der Waals surface area (Å²) >= 11 is 6.04. The Bertz CT molecular complexity index is 658. The van der Waals surface area contributed by atoms with Crippen LogP contribution in [0, 0.1) is 17.0 Å². The molecule has 1 N–H and O–H groups in total. The van der Waals surface area contributed by atoms with Crippen molar-refractivity contribution in [3.63, 3.8) is 0 Å². The average molecular weight is 294 g/mol. The number of hydrogen-bond donors (Lipinski definition) is 1. The van der Waals surface area contributed by atoms with E-state index in [2.05, 4.69) is 0 Å². The number of rotatable bonds is 4. The smallest absolute Gasteiger partial charge is 0.273 e. The molecule has 0 heterocycles. The summed E-state index contributed by atoms with van der Waals surface area (Å²) in [5.74, 6) is 0.755. The molecule has 2 aromatic rings. The Labute approximate surface area is 120 Å². The van der Waals surface area contributed by atoms with E-state index in [1.165, 1.54) is 12.1 Å². The molecule has 0 aliphatic rings. The van der Waals surface area contributed by atoms with Crippen molar-refractivity contribution in [1.82, 2.24) is 0 Å². The highest BCUT2D eigenvalue weighted by molar-refractivity contribution is 6.32. The van der Waals surface area contributed by atoms with Gasteiger partial charge in [0, 0.05) is 6.07 Å². The lowest BCUT2D eigenvalue weighted by molar-refractivity contribution is -0.384. The van der Waals surface area contributed by atoms with Crippen LogP contribution in [0.3, 0.4) is 0 Å². The highest BCUT2D eigenvalue weighted by Gasteiger charge is 2.12. The van der Waals surface area contributed by atoms with Crippen molar-refractivity contribution >= 4 is 17.3 Å². The average Bonchev–Trinajstić information content (AvgIpc) is 2.42. The summed E-state index contributed by atoms with van der Waals surface area (Å²) in [6.45, 7) is 1.67. The number of aryl methyl sites for hydroxylation is 1. The molecular formula is C14H12ClNO4. The predicted molar refractivity (Wildman–Crippen MR) is 75.3 cm³/mol. The quantitative estimate of drug-likeness (QED) is 0.686. The molecular weight excluding hydrogens is 282 g/mol. The first-order valence-electron chi connectivity index (χ1n) is 5.83. The van der Waals surface area contributed by atoms with E-state index in [4.69, 9.17) is 21.4 Å². The maximum atomic E-state index is 10.8. The van der Waals surface area contributed by atoms with Crippen LogP contribution in [-0.4, -0.2) is 10.0 Å². The second-order valence-corrected chi connectivity index (χ2v) is 4.64. The van der Waals surface area contributed by atoms with Gasteiger partial charge in [-0.2, -0.15) is 0 Å². The molecule has 0 amide bonds. The van der Waals surface area contributed by atoms with Gasteiger partial charge < -0.3 is 9.84 Å². The Morgan fingerprint density at radius 1 is 1.25 bits per heavy atom. The zero-order valence-corrected chi connectivity index (χ0v) is 11.4. The summed E-state index contributed by atoms with van der Waals surface area (Å²) in [5, 5.41) is 20.1. The molecule has 0 bridgehead atoms. The van der Waals surface area contributed by atoms with Crippen molar-refractivity contribution in [3.05, 3.63) is 62.7 Å². The minimum Gasteiger partial charge on any atom is -0.455 e. The molecule has 0 aliphatic carbocycles. The lowest BCUT2D eigenvalue weighted by Crippen LogP contribution is -1.93. The van der Waals surface area contributed by atoms with Gasteiger partial charge in [-0.25, -0.2) is 0 Å². The fourth-order valence-electron chi connectivity index (χ4n) is 1.66. The van der Waals surface area contributed by atoms with Crippen molar-refractivity contribution in [3.8, 4) is 11.5 Å². The van der Waals surface area contributed by atoms with E-state index in [1.54, 1.807) is 31.2 Å². The number of nitro groups is 1. The van der Waals surface area contributed by atoms with Crippen molar-refractivity contribution in [2.75, 3.05) is 0 Å². The number of aliphatic hydroxyl groups is 1. The van der Waals surface area contributed by atoms with Crippen LogP contribution < -0.4 is 4.74 Å². The second-order valence-electron chi connectivity index (χ2n) is 4.23. The predicted octanol–water partition coefficient (Wildman–Crippen LogP) is 3.84. The van der Waals surface area contributed by atoms with Gasteiger partial charge in [-0.1, -0.05) is 17.7 Å². The van der Waals surface area contributed by atoms with Crippen LogP contribution >= 0.6 is 11.6 Å². The Hall–Kier alpha value is -2.11. The van der Waals surface area contributed by atoms with Gasteiger partial charge in [0.2, 0.25) is 0 Å². The molecule has 6 heteroatoms. The van der Waals surface area contributed by atoms with E-state index in [9.17, 15) is 10.1 Å². The summed E-state index contributed by atoms with van der Waals surface area (Å²) in [5.41, 5.74) is 1.38. The normalized spacial score (nSPS) is 10.3. The van der Waals surface area contributed by atoms with Crippen LogP contribution in [0.25, 0.3) is 0 Å². The number of ether oxygens (including phenoxy) is 1. The maximum Gasteiger partial charge on any atom is 0.273 e. The Morgan fingerprint density at radius 2 is 2.00 bits per heavy atom. The van der Waals surface area contributed by atoms with Gasteiger partial charge in [0.05, 0.1) is 22.6 Å². The summed E-state index contributed by atoms with van der Waals surface area (Å²) in [6.07, 6.45) is 0. The maximum absolute atomic E-state index is 10.8. The summed E-state index contributed by atoms with van der Waals surface area (Å²) < 4.78 is 5.61. The molecule has 0 saturated heterocycles. The third-order valence-corrected chi connectivity index (χ3v) is 3.08. The third-order valence-electron chi connectivity index (χ3n) is 2.78. The standard InChI is InChI=1S/C14H12ClNO4/c1-9-2-4-11(16(18)19)7-14(9)20-13-5-3-10(8-17)6-12(13)15/h2-7,17H,8H2,1H3. The minimum absolute atomic E-state index is 0.0475. The highest BCUT2D eigenvalue weighted by Crippen LogP contribution is 2.33. The summed E-state index contributed by atoms with van der Waals surface area (Å²) in [6, 6.07) is 9.26. The number of nitrogens with zero attached hydrogens (tertiary/aromatic N) is 1. The van der Waals surface area contributed by atoms with E-state index >= 15 is 0 Å². The van der Waals surface area contributed by atoms with Crippen LogP contribution in [0.4, 0.5) is 5.69 Å². The topological polar surface area (TPSA) is 72.6 Å². The van der Waals surface area contributed by atoms with Gasteiger partial charge in [0.1, 0.15) is 11.5 Å². The number of non-ortho nitro benzene ring substituents is 1. The molecule has 0 aliphatic heterocycles. The molecule has 20 heavy (non-hydrogen) atoms. The van der Waals surface area contributed by atoms with Crippen LogP contribution in [0.1, 0.15) is 11.1 Å². The van der Waals surface area contributed by atoms with E-state index < -0.39 is 4.92 Å². The zero-order valence-electron chi connectivity index (χ0n) is 10.7. The molecule has 0 unspecified atom stereocenters. The fraction of sp³-hybridized carbons (Fsp3) is 0.143. The number of nitro benzene ring substituents is 1. The van der Waals surface area contributed by atoms with Gasteiger partial charge >= 0.3 is 0 Å². The number of hydrogen-bond acceptors (Lipinski definition) is 4. The van der Waals surface area contributed by atoms with E-state index in [-0.39, 0.29) is 12.3 Å². The molecule has 0 spiro atoms. The monoisotopic (exact) mass is 293 g/mol. The first kappa shape index (κ1) is 14.3. The number of benzene rings is 2. The summed E-state index contributed by atoms with van der Waals surface area (Å²) in [7, 11) is 0. The molecule has 0 saturated carbocycles. The van der Waals surface area contributed by atoms with E-state index in [1.807, 2.05) is 0 Å². The largest absolute Gasteiger partial charge is 0.455 e. The number of aliphatic hydroxyl groups excluding tert-OH is 1. The molecule has 0 fully saturated rings. The number of halogens is 1. The Balaban J connectivity index is 2.34. The zero-order chi connectivity index (χ0) is 14.7. The first-order chi connectivity index (χ1) is 9.51. The Morgan fingerprint density at radius 3 is 2.60 bits per heavy atom. The van der Waals surface area contributed by atoms with Crippen LogP contribution in [-0.2, 0) is 6.61 Å². The van der Waals surface area contributed by atoms with Gasteiger partial charge in [-0.05, 0) is 36.2 Å².